The Morgan fingerprint density at radius 2 is 1.80 bits per heavy atom. The van der Waals surface area contributed by atoms with Gasteiger partial charge in [-0.15, -0.1) is 0 Å². The first-order valence-corrected chi connectivity index (χ1v) is 3.69. The lowest BCUT2D eigenvalue weighted by Crippen LogP contribution is -1.81. The van der Waals surface area contributed by atoms with Gasteiger partial charge in [-0.05, 0) is 12.5 Å². The van der Waals surface area contributed by atoms with Gasteiger partial charge in [0.05, 0.1) is 0 Å². The molecule has 1 N–H and O–H groups in total. The molecule has 2 atom stereocenters. The number of benzene rings is 1. The lowest BCUT2D eigenvalue weighted by Gasteiger charge is -1.92. The van der Waals surface area contributed by atoms with Crippen molar-refractivity contribution in [3.8, 4) is 0 Å². The Balaban J connectivity index is 2.20. The quantitative estimate of drug-likeness (QED) is 0.579. The van der Waals surface area contributed by atoms with Crippen LogP contribution in [-0.4, -0.2) is 6.04 Å². The molecule has 0 bridgehead atoms. The smallest absolute Gasteiger partial charge is 0.0476 e. The topological polar surface area (TPSA) is 21.9 Å². The number of hydrogen-bond donors (Lipinski definition) is 1. The van der Waals surface area contributed by atoms with Crippen molar-refractivity contribution in [1.82, 2.24) is 5.32 Å². The van der Waals surface area contributed by atoms with E-state index < -0.39 is 0 Å². The highest BCUT2D eigenvalue weighted by Gasteiger charge is 2.32. The van der Waals surface area contributed by atoms with Crippen molar-refractivity contribution in [2.45, 2.75) is 19.0 Å². The first-order chi connectivity index (χ1) is 4.88. The molecule has 1 aromatic carbocycles. The van der Waals surface area contributed by atoms with Gasteiger partial charge in [-0.2, -0.15) is 0 Å². The summed E-state index contributed by atoms with van der Waals surface area (Å²) >= 11 is 0. The molecule has 0 radical (unpaired) electrons. The van der Waals surface area contributed by atoms with Crippen molar-refractivity contribution in [3.63, 3.8) is 0 Å². The zero-order valence-corrected chi connectivity index (χ0v) is 6.04. The highest BCUT2D eigenvalue weighted by molar-refractivity contribution is 5.25. The maximum absolute atomic E-state index is 3.35. The first-order valence-electron chi connectivity index (χ1n) is 3.69. The van der Waals surface area contributed by atoms with Gasteiger partial charge in [0.2, 0.25) is 0 Å². The maximum atomic E-state index is 3.35. The van der Waals surface area contributed by atoms with Crippen LogP contribution in [0.1, 0.15) is 18.5 Å². The molecule has 1 aliphatic rings. The minimum absolute atomic E-state index is 0.626. The molecule has 1 fully saturated rings. The molecule has 1 nitrogen and oxygen atoms in total. The van der Waals surface area contributed by atoms with Crippen molar-refractivity contribution >= 4 is 0 Å². The Hall–Kier alpha value is -0.820. The summed E-state index contributed by atoms with van der Waals surface area (Å²) in [5, 5.41) is 3.35. The summed E-state index contributed by atoms with van der Waals surface area (Å²) in [7, 11) is 0. The highest BCUT2D eigenvalue weighted by Crippen LogP contribution is 2.28. The lowest BCUT2D eigenvalue weighted by molar-refractivity contribution is 1.04. The number of hydrogen-bond acceptors (Lipinski definition) is 1. The molecule has 0 saturated carbocycles. The summed E-state index contributed by atoms with van der Waals surface area (Å²) in [6.07, 6.45) is 0. The van der Waals surface area contributed by atoms with Crippen LogP contribution in [0.5, 0.6) is 0 Å². The van der Waals surface area contributed by atoms with Gasteiger partial charge in [0, 0.05) is 12.1 Å². The third kappa shape index (κ3) is 0.929. The Morgan fingerprint density at radius 3 is 2.30 bits per heavy atom. The van der Waals surface area contributed by atoms with Crippen molar-refractivity contribution < 1.29 is 0 Å². The van der Waals surface area contributed by atoms with E-state index in [1.54, 1.807) is 0 Å². The molecule has 2 rings (SSSR count). The molecule has 1 saturated heterocycles. The first kappa shape index (κ1) is 5.93. The van der Waals surface area contributed by atoms with E-state index in [1.807, 2.05) is 0 Å². The van der Waals surface area contributed by atoms with Gasteiger partial charge in [-0.3, -0.25) is 0 Å². The summed E-state index contributed by atoms with van der Waals surface area (Å²) in [5.41, 5.74) is 1.41. The highest BCUT2D eigenvalue weighted by atomic mass is 15.1. The number of nitrogens with one attached hydrogen (secondary N) is 1. The summed E-state index contributed by atoms with van der Waals surface area (Å²) in [5.74, 6) is 0. The monoisotopic (exact) mass is 133 g/mol. The van der Waals surface area contributed by atoms with Crippen molar-refractivity contribution in [2.24, 2.45) is 0 Å². The van der Waals surface area contributed by atoms with E-state index in [0.29, 0.717) is 12.1 Å². The van der Waals surface area contributed by atoms with Crippen molar-refractivity contribution in [1.29, 1.82) is 0 Å². The van der Waals surface area contributed by atoms with Crippen LogP contribution in [0.25, 0.3) is 0 Å². The van der Waals surface area contributed by atoms with E-state index in [9.17, 15) is 0 Å². The third-order valence-electron chi connectivity index (χ3n) is 1.99. The molecule has 0 spiro atoms. The second kappa shape index (κ2) is 2.10. The molecule has 1 aromatic rings. The van der Waals surface area contributed by atoms with Crippen LogP contribution < -0.4 is 5.32 Å². The minimum Gasteiger partial charge on any atom is -0.304 e. The predicted octanol–water partition coefficient (Wildman–Crippen LogP) is 1.72. The minimum atomic E-state index is 0.626. The summed E-state index contributed by atoms with van der Waals surface area (Å²) in [6, 6.07) is 11.9. The van der Waals surface area contributed by atoms with Crippen LogP contribution in [0.2, 0.25) is 0 Å². The second-order valence-electron chi connectivity index (χ2n) is 2.84. The van der Waals surface area contributed by atoms with Crippen molar-refractivity contribution in [3.05, 3.63) is 35.9 Å². The van der Waals surface area contributed by atoms with Gasteiger partial charge in [-0.1, -0.05) is 30.3 Å². The normalized spacial score (nSPS) is 30.1. The van der Waals surface area contributed by atoms with Gasteiger partial charge in [-0.25, -0.2) is 0 Å². The molecule has 0 amide bonds. The second-order valence-corrected chi connectivity index (χ2v) is 2.84. The van der Waals surface area contributed by atoms with Gasteiger partial charge in [0.25, 0.3) is 0 Å². The standard InChI is InChI=1S/C9H11N/c1-7-9(10-7)8-5-3-2-4-6-8/h2-7,9-10H,1H3/t7-,9+/m0/s1. The fraction of sp³-hybridized carbons (Fsp3) is 0.333. The maximum Gasteiger partial charge on any atom is 0.0476 e. The summed E-state index contributed by atoms with van der Waals surface area (Å²) < 4.78 is 0. The van der Waals surface area contributed by atoms with E-state index in [2.05, 4.69) is 42.6 Å². The lowest BCUT2D eigenvalue weighted by atomic mass is 10.1. The predicted molar refractivity (Wildman–Crippen MR) is 41.8 cm³/mol. The molecule has 10 heavy (non-hydrogen) atoms. The van der Waals surface area contributed by atoms with Crippen LogP contribution in [0.15, 0.2) is 30.3 Å². The zero-order chi connectivity index (χ0) is 6.97. The molecular weight excluding hydrogens is 122 g/mol. The molecular formula is C9H11N. The van der Waals surface area contributed by atoms with Crippen molar-refractivity contribution in [2.75, 3.05) is 0 Å². The fourth-order valence-electron chi connectivity index (χ4n) is 1.27. The molecule has 1 heteroatoms. The summed E-state index contributed by atoms with van der Waals surface area (Å²) in [4.78, 5) is 0. The van der Waals surface area contributed by atoms with Crippen LogP contribution in [-0.2, 0) is 0 Å². The van der Waals surface area contributed by atoms with Gasteiger partial charge in [0.15, 0.2) is 0 Å². The Kier molecular flexibility index (Phi) is 1.24. The van der Waals surface area contributed by atoms with Crippen LogP contribution in [0, 0.1) is 0 Å². The molecule has 52 valence electrons. The molecule has 1 heterocycles. The molecule has 0 aliphatic carbocycles. The fourth-order valence-corrected chi connectivity index (χ4v) is 1.27. The van der Waals surface area contributed by atoms with Gasteiger partial charge in [0.1, 0.15) is 0 Å². The molecule has 0 aromatic heterocycles. The van der Waals surface area contributed by atoms with Gasteiger partial charge >= 0.3 is 0 Å². The molecule has 0 unspecified atom stereocenters. The summed E-state index contributed by atoms with van der Waals surface area (Å²) in [6.45, 7) is 2.21. The van der Waals surface area contributed by atoms with Crippen LogP contribution >= 0.6 is 0 Å². The van der Waals surface area contributed by atoms with Crippen LogP contribution in [0.3, 0.4) is 0 Å². The van der Waals surface area contributed by atoms with E-state index in [1.165, 1.54) is 5.56 Å². The largest absolute Gasteiger partial charge is 0.304 e. The Morgan fingerprint density at radius 1 is 1.20 bits per heavy atom. The van der Waals surface area contributed by atoms with E-state index >= 15 is 0 Å². The average Bonchev–Trinajstić information content (AvgIpc) is 2.69. The Bertz CT molecular complexity index is 217. The van der Waals surface area contributed by atoms with Gasteiger partial charge < -0.3 is 5.32 Å². The average molecular weight is 133 g/mol. The van der Waals surface area contributed by atoms with Crippen LogP contribution in [0.4, 0.5) is 0 Å². The van der Waals surface area contributed by atoms with E-state index in [-0.39, 0.29) is 0 Å². The SMILES string of the molecule is C[C@@H]1N[C@H]1c1ccccc1. The number of rotatable bonds is 1. The molecule has 1 aliphatic heterocycles. The van der Waals surface area contributed by atoms with E-state index in [4.69, 9.17) is 0 Å². The Labute approximate surface area is 61.1 Å². The zero-order valence-electron chi connectivity index (χ0n) is 6.04. The third-order valence-corrected chi connectivity index (χ3v) is 1.99. The van der Waals surface area contributed by atoms with E-state index in [0.717, 1.165) is 0 Å².